The molecule has 0 radical (unpaired) electrons. The number of amides is 2. The van der Waals surface area contributed by atoms with Crippen LogP contribution in [-0.4, -0.2) is 29.9 Å². The lowest BCUT2D eigenvalue weighted by atomic mass is 9.92. The maximum atomic E-state index is 13.2. The molecule has 4 nitrogen and oxygen atoms in total. The van der Waals surface area contributed by atoms with E-state index in [4.69, 9.17) is 11.6 Å². The van der Waals surface area contributed by atoms with Crippen molar-refractivity contribution in [3.05, 3.63) is 64.2 Å². The Morgan fingerprint density at radius 2 is 1.53 bits per heavy atom. The van der Waals surface area contributed by atoms with E-state index in [0.29, 0.717) is 17.0 Å². The van der Waals surface area contributed by atoms with Gasteiger partial charge in [-0.25, -0.2) is 0 Å². The fraction of sp³-hybridized carbons (Fsp3) is 0.417. The summed E-state index contributed by atoms with van der Waals surface area (Å²) in [4.78, 5) is 25.9. The van der Waals surface area contributed by atoms with Crippen LogP contribution in [0, 0.1) is 0 Å². The molecule has 0 bridgehead atoms. The number of halogens is 1. The minimum Gasteiger partial charge on any atom is -0.340 e. The number of nitrogens with one attached hydrogen (secondary N) is 2. The van der Waals surface area contributed by atoms with E-state index in [1.165, 1.54) is 0 Å². The molecule has 0 aromatic heterocycles. The van der Waals surface area contributed by atoms with Crippen molar-refractivity contribution < 1.29 is 9.59 Å². The first kappa shape index (κ1) is 24.3. The number of thioether (sulfide) groups is 1. The molecule has 0 aliphatic carbocycles. The van der Waals surface area contributed by atoms with Gasteiger partial charge in [-0.3, -0.25) is 9.59 Å². The van der Waals surface area contributed by atoms with E-state index in [0.717, 1.165) is 22.6 Å². The molecule has 2 rings (SSSR count). The predicted molar refractivity (Wildman–Crippen MR) is 129 cm³/mol. The Labute approximate surface area is 189 Å². The van der Waals surface area contributed by atoms with Crippen LogP contribution in [0.2, 0.25) is 5.02 Å². The Morgan fingerprint density at radius 1 is 0.967 bits per heavy atom. The Kier molecular flexibility index (Phi) is 9.25. The van der Waals surface area contributed by atoms with E-state index in [2.05, 4.69) is 50.5 Å². The highest BCUT2D eigenvalue weighted by molar-refractivity contribution is 7.98. The van der Waals surface area contributed by atoms with Crippen molar-refractivity contribution in [3.63, 3.8) is 0 Å². The average molecular weight is 447 g/mol. The lowest BCUT2D eigenvalue weighted by molar-refractivity contribution is -0.118. The summed E-state index contributed by atoms with van der Waals surface area (Å²) in [7, 11) is 0. The molecule has 0 spiro atoms. The topological polar surface area (TPSA) is 58.2 Å². The standard InChI is InChI=1S/C24H31ClN2O2S/c1-15(2)19-7-6-8-20(16(3)4)22(19)27-24(29)21(13-14-30-5)26-23(28)17-9-11-18(25)12-10-17/h6-12,15-16,21H,13-14H2,1-5H3,(H,26,28)(H,27,29)/t21-/m0/s1. The van der Waals surface area contributed by atoms with Crippen molar-refractivity contribution in [2.24, 2.45) is 0 Å². The molecule has 30 heavy (non-hydrogen) atoms. The van der Waals surface area contributed by atoms with Crippen LogP contribution in [0.25, 0.3) is 0 Å². The summed E-state index contributed by atoms with van der Waals surface area (Å²) in [5.74, 6) is 0.831. The van der Waals surface area contributed by atoms with Crippen LogP contribution in [0.5, 0.6) is 0 Å². The molecule has 0 saturated heterocycles. The maximum Gasteiger partial charge on any atom is 0.251 e. The monoisotopic (exact) mass is 446 g/mol. The number of para-hydroxylation sites is 1. The SMILES string of the molecule is CSCC[C@H](NC(=O)c1ccc(Cl)cc1)C(=O)Nc1c(C(C)C)cccc1C(C)C. The summed E-state index contributed by atoms with van der Waals surface area (Å²) in [5, 5.41) is 6.59. The summed E-state index contributed by atoms with van der Waals surface area (Å²) >= 11 is 7.56. The fourth-order valence-electron chi connectivity index (χ4n) is 3.25. The average Bonchev–Trinajstić information content (AvgIpc) is 2.71. The highest BCUT2D eigenvalue weighted by Crippen LogP contribution is 2.32. The van der Waals surface area contributed by atoms with E-state index >= 15 is 0 Å². The summed E-state index contributed by atoms with van der Waals surface area (Å²) in [5.41, 5.74) is 3.54. The number of hydrogen-bond acceptors (Lipinski definition) is 3. The third kappa shape index (κ3) is 6.51. The van der Waals surface area contributed by atoms with Crippen LogP contribution in [0.15, 0.2) is 42.5 Å². The van der Waals surface area contributed by atoms with Gasteiger partial charge in [0.25, 0.3) is 5.91 Å². The largest absolute Gasteiger partial charge is 0.340 e. The second-order valence-corrected chi connectivity index (χ2v) is 9.35. The number of hydrogen-bond donors (Lipinski definition) is 2. The van der Waals surface area contributed by atoms with E-state index in [9.17, 15) is 9.59 Å². The Hall–Kier alpha value is -1.98. The van der Waals surface area contributed by atoms with E-state index in [-0.39, 0.29) is 23.7 Å². The number of benzene rings is 2. The molecule has 0 unspecified atom stereocenters. The molecular weight excluding hydrogens is 416 g/mol. The molecule has 2 aromatic carbocycles. The first-order chi connectivity index (χ1) is 14.2. The molecule has 1 atom stereocenters. The van der Waals surface area contributed by atoms with Crippen LogP contribution >= 0.6 is 23.4 Å². The quantitative estimate of drug-likeness (QED) is 0.490. The third-order valence-corrected chi connectivity index (χ3v) is 5.86. The van der Waals surface area contributed by atoms with Gasteiger partial charge in [-0.1, -0.05) is 57.5 Å². The molecule has 0 aliphatic heterocycles. The molecule has 0 saturated carbocycles. The van der Waals surface area contributed by atoms with E-state index < -0.39 is 6.04 Å². The summed E-state index contributed by atoms with van der Waals surface area (Å²) in [6.07, 6.45) is 2.54. The molecule has 6 heteroatoms. The number of carbonyl (C=O) groups excluding carboxylic acids is 2. The molecule has 2 aromatic rings. The van der Waals surface area contributed by atoms with Crippen LogP contribution in [-0.2, 0) is 4.79 Å². The highest BCUT2D eigenvalue weighted by atomic mass is 35.5. The summed E-state index contributed by atoms with van der Waals surface area (Å²) in [6, 6.07) is 12.2. The second-order valence-electron chi connectivity index (χ2n) is 7.92. The Morgan fingerprint density at radius 3 is 2.03 bits per heavy atom. The normalized spacial score (nSPS) is 12.1. The van der Waals surface area contributed by atoms with Gasteiger partial charge in [0.15, 0.2) is 0 Å². The number of carbonyl (C=O) groups is 2. The van der Waals surface area contributed by atoms with E-state index in [1.54, 1.807) is 36.0 Å². The maximum absolute atomic E-state index is 13.2. The molecule has 2 N–H and O–H groups in total. The zero-order valence-electron chi connectivity index (χ0n) is 18.3. The van der Waals surface area contributed by atoms with Crippen LogP contribution in [0.1, 0.15) is 67.4 Å². The lowest BCUT2D eigenvalue weighted by Gasteiger charge is -2.23. The van der Waals surface area contributed by atoms with Gasteiger partial charge in [-0.05, 0) is 65.7 Å². The third-order valence-electron chi connectivity index (χ3n) is 4.96. The first-order valence-electron chi connectivity index (χ1n) is 10.2. The van der Waals surface area contributed by atoms with Crippen molar-refractivity contribution in [1.29, 1.82) is 0 Å². The summed E-state index contributed by atoms with van der Waals surface area (Å²) < 4.78 is 0. The summed E-state index contributed by atoms with van der Waals surface area (Å²) in [6.45, 7) is 8.45. The zero-order chi connectivity index (χ0) is 22.3. The number of anilines is 1. The smallest absolute Gasteiger partial charge is 0.251 e. The highest BCUT2D eigenvalue weighted by Gasteiger charge is 2.24. The molecule has 0 aliphatic rings. The molecular formula is C24H31ClN2O2S. The fourth-order valence-corrected chi connectivity index (χ4v) is 3.85. The van der Waals surface area contributed by atoms with Gasteiger partial charge in [-0.15, -0.1) is 0 Å². The first-order valence-corrected chi connectivity index (χ1v) is 12.0. The molecule has 2 amide bonds. The van der Waals surface area contributed by atoms with Crippen molar-refractivity contribution in [2.45, 2.75) is 52.0 Å². The molecule has 0 fully saturated rings. The Balaban J connectivity index is 2.27. The molecule has 0 heterocycles. The van der Waals surface area contributed by atoms with E-state index in [1.807, 2.05) is 12.3 Å². The van der Waals surface area contributed by atoms with Crippen LogP contribution in [0.3, 0.4) is 0 Å². The molecule has 162 valence electrons. The van der Waals surface area contributed by atoms with Gasteiger partial charge >= 0.3 is 0 Å². The van der Waals surface area contributed by atoms with Crippen LogP contribution in [0.4, 0.5) is 5.69 Å². The van der Waals surface area contributed by atoms with Gasteiger partial charge < -0.3 is 10.6 Å². The zero-order valence-corrected chi connectivity index (χ0v) is 19.9. The van der Waals surface area contributed by atoms with Crippen LogP contribution < -0.4 is 10.6 Å². The number of rotatable bonds is 9. The lowest BCUT2D eigenvalue weighted by Crippen LogP contribution is -2.44. The van der Waals surface area contributed by atoms with Crippen molar-refractivity contribution in [1.82, 2.24) is 5.32 Å². The van der Waals surface area contributed by atoms with Gasteiger partial charge in [0.2, 0.25) is 5.91 Å². The van der Waals surface area contributed by atoms with Crippen molar-refractivity contribution in [2.75, 3.05) is 17.3 Å². The van der Waals surface area contributed by atoms with Gasteiger partial charge in [-0.2, -0.15) is 11.8 Å². The minimum atomic E-state index is -0.624. The van der Waals surface area contributed by atoms with Crippen molar-refractivity contribution in [3.8, 4) is 0 Å². The van der Waals surface area contributed by atoms with Crippen molar-refractivity contribution >= 4 is 40.9 Å². The van der Waals surface area contributed by atoms with Gasteiger partial charge in [0.1, 0.15) is 6.04 Å². The second kappa shape index (κ2) is 11.4. The van der Waals surface area contributed by atoms with Gasteiger partial charge in [0, 0.05) is 16.3 Å². The van der Waals surface area contributed by atoms with Gasteiger partial charge in [0.05, 0.1) is 0 Å². The predicted octanol–water partition coefficient (Wildman–Crippen LogP) is 6.08. The minimum absolute atomic E-state index is 0.193. The Bertz CT molecular complexity index is 840.